The topological polar surface area (TPSA) is 49.4 Å². The average molecular weight is 246 g/mol. The van der Waals surface area contributed by atoms with Gasteiger partial charge in [0.15, 0.2) is 0 Å². The van der Waals surface area contributed by atoms with Crippen LogP contribution in [0, 0.1) is 12.3 Å². The Bertz CT molecular complexity index is 306. The SMILES string of the molecule is C#CCN(CCC)S(=O)(=O)CCNCCC. The number of hydrogen-bond acceptors (Lipinski definition) is 3. The Hall–Kier alpha value is -0.570. The van der Waals surface area contributed by atoms with Crippen molar-refractivity contribution in [3.8, 4) is 12.3 Å². The lowest BCUT2D eigenvalue weighted by Gasteiger charge is -2.19. The van der Waals surface area contributed by atoms with E-state index >= 15 is 0 Å². The van der Waals surface area contributed by atoms with Crippen molar-refractivity contribution in [2.45, 2.75) is 26.7 Å². The smallest absolute Gasteiger partial charge is 0.216 e. The molecule has 0 spiro atoms. The molecule has 0 aromatic heterocycles. The van der Waals surface area contributed by atoms with Crippen molar-refractivity contribution in [2.24, 2.45) is 0 Å². The molecule has 0 aromatic carbocycles. The largest absolute Gasteiger partial charge is 0.316 e. The highest BCUT2D eigenvalue weighted by Crippen LogP contribution is 2.01. The predicted molar refractivity (Wildman–Crippen MR) is 67.6 cm³/mol. The first-order valence-electron chi connectivity index (χ1n) is 5.70. The summed E-state index contributed by atoms with van der Waals surface area (Å²) in [5.74, 6) is 2.51. The zero-order chi connectivity index (χ0) is 12.4. The Morgan fingerprint density at radius 2 is 1.94 bits per heavy atom. The molecule has 5 heteroatoms. The van der Waals surface area contributed by atoms with E-state index in [0.717, 1.165) is 19.4 Å². The number of sulfonamides is 1. The van der Waals surface area contributed by atoms with Gasteiger partial charge >= 0.3 is 0 Å². The molecular formula is C11H22N2O2S. The summed E-state index contributed by atoms with van der Waals surface area (Å²) in [5.41, 5.74) is 0. The molecule has 0 saturated carbocycles. The van der Waals surface area contributed by atoms with Crippen molar-refractivity contribution in [1.82, 2.24) is 9.62 Å². The lowest BCUT2D eigenvalue weighted by molar-refractivity contribution is 0.444. The molecule has 4 nitrogen and oxygen atoms in total. The van der Waals surface area contributed by atoms with Gasteiger partial charge in [0.25, 0.3) is 0 Å². The fraction of sp³-hybridized carbons (Fsp3) is 0.818. The molecule has 94 valence electrons. The lowest BCUT2D eigenvalue weighted by Crippen LogP contribution is -2.37. The Morgan fingerprint density at radius 1 is 1.25 bits per heavy atom. The standard InChI is InChI=1S/C11H22N2O2S/c1-4-7-12-8-11-16(14,15)13(9-5-2)10-6-3/h2,12H,4,6-11H2,1,3H3. The molecular weight excluding hydrogens is 224 g/mol. The maximum Gasteiger partial charge on any atom is 0.216 e. The zero-order valence-electron chi connectivity index (χ0n) is 10.2. The van der Waals surface area contributed by atoms with Crippen LogP contribution in [0.5, 0.6) is 0 Å². The maximum atomic E-state index is 11.9. The molecule has 1 N–H and O–H groups in total. The van der Waals surface area contributed by atoms with Gasteiger partial charge in [0.1, 0.15) is 0 Å². The van der Waals surface area contributed by atoms with E-state index < -0.39 is 10.0 Å². The summed E-state index contributed by atoms with van der Waals surface area (Å²) in [7, 11) is -3.20. The molecule has 0 radical (unpaired) electrons. The van der Waals surface area contributed by atoms with Crippen LogP contribution in [-0.2, 0) is 10.0 Å². The zero-order valence-corrected chi connectivity index (χ0v) is 11.0. The maximum absolute atomic E-state index is 11.9. The quantitative estimate of drug-likeness (QED) is 0.480. The van der Waals surface area contributed by atoms with E-state index in [1.54, 1.807) is 0 Å². The second-order valence-corrected chi connectivity index (χ2v) is 5.69. The van der Waals surface area contributed by atoms with Crippen molar-refractivity contribution < 1.29 is 8.42 Å². The highest BCUT2D eigenvalue weighted by atomic mass is 32.2. The van der Waals surface area contributed by atoms with Crippen LogP contribution in [0.1, 0.15) is 26.7 Å². The van der Waals surface area contributed by atoms with Gasteiger partial charge in [-0.25, -0.2) is 8.42 Å². The van der Waals surface area contributed by atoms with Gasteiger partial charge in [-0.1, -0.05) is 19.8 Å². The van der Waals surface area contributed by atoms with E-state index in [0.29, 0.717) is 13.1 Å². The van der Waals surface area contributed by atoms with Gasteiger partial charge in [-0.2, -0.15) is 4.31 Å². The van der Waals surface area contributed by atoms with E-state index in [9.17, 15) is 8.42 Å². The van der Waals surface area contributed by atoms with Crippen LogP contribution in [0.15, 0.2) is 0 Å². The minimum atomic E-state index is -3.20. The highest BCUT2D eigenvalue weighted by molar-refractivity contribution is 7.89. The molecule has 0 bridgehead atoms. The Kier molecular flexibility index (Phi) is 8.26. The summed E-state index contributed by atoms with van der Waals surface area (Å²) < 4.78 is 25.1. The van der Waals surface area contributed by atoms with Crippen LogP contribution in [0.25, 0.3) is 0 Å². The van der Waals surface area contributed by atoms with Crippen LogP contribution >= 0.6 is 0 Å². The Balaban J connectivity index is 4.20. The van der Waals surface area contributed by atoms with Crippen molar-refractivity contribution in [3.05, 3.63) is 0 Å². The third-order valence-electron chi connectivity index (χ3n) is 2.10. The highest BCUT2D eigenvalue weighted by Gasteiger charge is 2.19. The van der Waals surface area contributed by atoms with Crippen LogP contribution in [0.3, 0.4) is 0 Å². The molecule has 0 aliphatic heterocycles. The second-order valence-electron chi connectivity index (χ2n) is 3.60. The lowest BCUT2D eigenvalue weighted by atomic mass is 10.5. The number of terminal acetylenes is 1. The molecule has 16 heavy (non-hydrogen) atoms. The first kappa shape index (κ1) is 15.4. The van der Waals surface area contributed by atoms with Gasteiger partial charge in [0, 0.05) is 13.1 Å². The summed E-state index contributed by atoms with van der Waals surface area (Å²) in [4.78, 5) is 0. The number of nitrogens with zero attached hydrogens (tertiary/aromatic N) is 1. The number of nitrogens with one attached hydrogen (secondary N) is 1. The normalized spacial score (nSPS) is 11.6. The van der Waals surface area contributed by atoms with Crippen molar-refractivity contribution in [3.63, 3.8) is 0 Å². The average Bonchev–Trinajstić information content (AvgIpc) is 2.24. The van der Waals surface area contributed by atoms with E-state index in [1.807, 2.05) is 13.8 Å². The molecule has 0 unspecified atom stereocenters. The predicted octanol–water partition coefficient (Wildman–Crippen LogP) is 0.661. The van der Waals surface area contributed by atoms with Gasteiger partial charge in [0.05, 0.1) is 12.3 Å². The molecule has 0 aliphatic rings. The van der Waals surface area contributed by atoms with Gasteiger partial charge in [-0.05, 0) is 19.4 Å². The Morgan fingerprint density at radius 3 is 2.44 bits per heavy atom. The molecule has 0 amide bonds. The minimum Gasteiger partial charge on any atom is -0.316 e. The van der Waals surface area contributed by atoms with Gasteiger partial charge in [0.2, 0.25) is 10.0 Å². The van der Waals surface area contributed by atoms with Crippen molar-refractivity contribution in [2.75, 3.05) is 31.9 Å². The molecule has 0 aromatic rings. The van der Waals surface area contributed by atoms with E-state index in [4.69, 9.17) is 6.42 Å². The summed E-state index contributed by atoms with van der Waals surface area (Å²) in [6.45, 7) is 5.99. The number of rotatable bonds is 9. The van der Waals surface area contributed by atoms with Crippen molar-refractivity contribution >= 4 is 10.0 Å². The van der Waals surface area contributed by atoms with Crippen LogP contribution in [0.4, 0.5) is 0 Å². The van der Waals surface area contributed by atoms with E-state index in [1.165, 1.54) is 4.31 Å². The van der Waals surface area contributed by atoms with E-state index in [2.05, 4.69) is 11.2 Å². The summed E-state index contributed by atoms with van der Waals surface area (Å²) in [5, 5.41) is 3.07. The fourth-order valence-corrected chi connectivity index (χ4v) is 2.69. The molecule has 0 atom stereocenters. The molecule has 0 saturated heterocycles. The summed E-state index contributed by atoms with van der Waals surface area (Å²) >= 11 is 0. The molecule has 0 heterocycles. The van der Waals surface area contributed by atoms with Gasteiger partial charge < -0.3 is 5.32 Å². The molecule has 0 rings (SSSR count). The summed E-state index contributed by atoms with van der Waals surface area (Å²) in [6, 6.07) is 0. The first-order chi connectivity index (χ1) is 7.58. The van der Waals surface area contributed by atoms with Gasteiger partial charge in [-0.3, -0.25) is 0 Å². The number of hydrogen-bond donors (Lipinski definition) is 1. The first-order valence-corrected chi connectivity index (χ1v) is 7.31. The second kappa shape index (κ2) is 8.57. The summed E-state index contributed by atoms with van der Waals surface area (Å²) in [6.07, 6.45) is 6.95. The monoisotopic (exact) mass is 246 g/mol. The van der Waals surface area contributed by atoms with Crippen molar-refractivity contribution in [1.29, 1.82) is 0 Å². The third-order valence-corrected chi connectivity index (χ3v) is 3.92. The minimum absolute atomic E-state index is 0.120. The van der Waals surface area contributed by atoms with Crippen LogP contribution in [-0.4, -0.2) is 44.7 Å². The third kappa shape index (κ3) is 6.11. The van der Waals surface area contributed by atoms with Crippen LogP contribution < -0.4 is 5.32 Å². The van der Waals surface area contributed by atoms with Crippen LogP contribution in [0.2, 0.25) is 0 Å². The van der Waals surface area contributed by atoms with E-state index in [-0.39, 0.29) is 12.3 Å². The molecule has 0 aliphatic carbocycles. The van der Waals surface area contributed by atoms with Gasteiger partial charge in [-0.15, -0.1) is 6.42 Å². The molecule has 0 fully saturated rings. The Labute approximate surface area is 99.5 Å². The fourth-order valence-electron chi connectivity index (χ4n) is 1.30.